The van der Waals surface area contributed by atoms with Gasteiger partial charge >= 0.3 is 5.97 Å². The number of aryl methyl sites for hydroxylation is 1. The number of ether oxygens (including phenoxy) is 1. The van der Waals surface area contributed by atoms with Crippen LogP contribution < -0.4 is 9.80 Å². The van der Waals surface area contributed by atoms with E-state index in [1.54, 1.807) is 17.8 Å². The minimum absolute atomic E-state index is 0.00623. The molecule has 0 N–H and O–H groups in total. The highest BCUT2D eigenvalue weighted by molar-refractivity contribution is 7.98. The Labute approximate surface area is 244 Å². The van der Waals surface area contributed by atoms with Gasteiger partial charge in [0.25, 0.3) is 5.91 Å². The monoisotopic (exact) mass is 577 g/mol. The number of carbonyl (C=O) groups excluding carboxylic acids is 2. The van der Waals surface area contributed by atoms with Crippen LogP contribution in [0.3, 0.4) is 0 Å². The van der Waals surface area contributed by atoms with E-state index in [-0.39, 0.29) is 23.6 Å². The van der Waals surface area contributed by atoms with Crippen molar-refractivity contribution in [3.05, 3.63) is 77.2 Å². The molecule has 0 saturated carbocycles. The predicted octanol–water partition coefficient (Wildman–Crippen LogP) is 4.96. The Morgan fingerprint density at radius 1 is 0.951 bits per heavy atom. The Morgan fingerprint density at radius 3 is 2.32 bits per heavy atom. The number of amides is 1. The van der Waals surface area contributed by atoms with E-state index < -0.39 is 0 Å². The number of aromatic nitrogens is 2. The van der Waals surface area contributed by atoms with Crippen LogP contribution >= 0.6 is 11.8 Å². The van der Waals surface area contributed by atoms with Gasteiger partial charge in [0, 0.05) is 62.3 Å². The lowest BCUT2D eigenvalue weighted by molar-refractivity contribution is -0.149. The van der Waals surface area contributed by atoms with Crippen LogP contribution in [-0.4, -0.2) is 72.6 Å². The lowest BCUT2D eigenvalue weighted by Gasteiger charge is -2.37. The third-order valence-corrected chi connectivity index (χ3v) is 8.51. The molecule has 2 saturated heterocycles. The summed E-state index contributed by atoms with van der Waals surface area (Å²) >= 11 is 1.57. The van der Waals surface area contributed by atoms with Gasteiger partial charge in [0.2, 0.25) is 0 Å². The summed E-state index contributed by atoms with van der Waals surface area (Å²) in [6, 6.07) is 16.6. The SMILES string of the molecule is CCOC(=O)C1CCN(C(=O)c2ccc(CSc3nc(C)cc(N4CCN(c5ccccc5F)CC4)n3)cc2)CC1. The summed E-state index contributed by atoms with van der Waals surface area (Å²) in [5.41, 5.74) is 3.28. The summed E-state index contributed by atoms with van der Waals surface area (Å²) in [6.07, 6.45) is 1.28. The number of anilines is 2. The van der Waals surface area contributed by atoms with Crippen molar-refractivity contribution in [1.29, 1.82) is 0 Å². The normalized spacial score (nSPS) is 16.1. The fraction of sp³-hybridized carbons (Fsp3) is 0.419. The van der Waals surface area contributed by atoms with Gasteiger partial charge in [0.1, 0.15) is 11.6 Å². The van der Waals surface area contributed by atoms with Crippen LogP contribution in [0.5, 0.6) is 0 Å². The molecule has 0 radical (unpaired) electrons. The highest BCUT2D eigenvalue weighted by Crippen LogP contribution is 2.26. The van der Waals surface area contributed by atoms with Crippen molar-refractivity contribution >= 4 is 35.1 Å². The molecule has 1 aromatic heterocycles. The van der Waals surface area contributed by atoms with Crippen molar-refractivity contribution < 1.29 is 18.7 Å². The molecule has 0 atom stereocenters. The van der Waals surface area contributed by atoms with E-state index in [1.165, 1.54) is 6.07 Å². The zero-order chi connectivity index (χ0) is 28.8. The molecule has 0 bridgehead atoms. The number of thioether (sulfide) groups is 1. The van der Waals surface area contributed by atoms with Crippen LogP contribution in [0.15, 0.2) is 59.8 Å². The average molecular weight is 578 g/mol. The van der Waals surface area contributed by atoms with Gasteiger partial charge in [-0.15, -0.1) is 0 Å². The fourth-order valence-corrected chi connectivity index (χ4v) is 6.14. The standard InChI is InChI=1S/C31H36FN5O3S/c1-3-40-30(39)25-12-14-37(15-13-25)29(38)24-10-8-23(9-11-24)21-41-31-33-22(2)20-28(34-31)36-18-16-35(17-19-36)27-7-5-4-6-26(27)32/h4-11,20,25H,3,12-19,21H2,1-2H3. The number of likely N-dealkylation sites (tertiary alicyclic amines) is 1. The number of esters is 1. The maximum atomic E-state index is 14.2. The Morgan fingerprint density at radius 2 is 1.63 bits per heavy atom. The van der Waals surface area contributed by atoms with Gasteiger partial charge in [-0.1, -0.05) is 36.0 Å². The zero-order valence-corrected chi connectivity index (χ0v) is 24.4. The summed E-state index contributed by atoms with van der Waals surface area (Å²) in [5, 5.41) is 0.709. The van der Waals surface area contributed by atoms with E-state index in [0.717, 1.165) is 43.3 Å². The maximum absolute atomic E-state index is 14.2. The predicted molar refractivity (Wildman–Crippen MR) is 159 cm³/mol. The lowest BCUT2D eigenvalue weighted by atomic mass is 9.96. The van der Waals surface area contributed by atoms with Gasteiger partial charge in [-0.2, -0.15) is 0 Å². The number of nitrogens with zero attached hydrogens (tertiary/aromatic N) is 5. The molecule has 2 fully saturated rings. The zero-order valence-electron chi connectivity index (χ0n) is 23.6. The second kappa shape index (κ2) is 13.3. The Kier molecular flexibility index (Phi) is 9.38. The molecule has 8 nitrogen and oxygen atoms in total. The third kappa shape index (κ3) is 7.16. The van der Waals surface area contributed by atoms with Gasteiger partial charge in [-0.3, -0.25) is 9.59 Å². The lowest BCUT2D eigenvalue weighted by Crippen LogP contribution is -2.47. The smallest absolute Gasteiger partial charge is 0.309 e. The van der Waals surface area contributed by atoms with Crippen LogP contribution in [0.4, 0.5) is 15.9 Å². The minimum Gasteiger partial charge on any atom is -0.466 e. The summed E-state index contributed by atoms with van der Waals surface area (Å²) in [5.74, 6) is 1.10. The first-order valence-electron chi connectivity index (χ1n) is 14.2. The highest BCUT2D eigenvalue weighted by Gasteiger charge is 2.28. The summed E-state index contributed by atoms with van der Waals surface area (Å²) in [4.78, 5) is 40.5. The van der Waals surface area contributed by atoms with Gasteiger partial charge in [0.05, 0.1) is 18.2 Å². The Bertz CT molecular complexity index is 1360. The number of rotatable bonds is 8. The van der Waals surface area contributed by atoms with Gasteiger partial charge in [0.15, 0.2) is 5.16 Å². The van der Waals surface area contributed by atoms with Crippen LogP contribution in [0.25, 0.3) is 0 Å². The van der Waals surface area contributed by atoms with Crippen LogP contribution in [-0.2, 0) is 15.3 Å². The highest BCUT2D eigenvalue weighted by atomic mass is 32.2. The topological polar surface area (TPSA) is 78.9 Å². The summed E-state index contributed by atoms with van der Waals surface area (Å²) in [7, 11) is 0. The molecule has 2 aliphatic rings. The number of para-hydroxylation sites is 1. The molecule has 2 aliphatic heterocycles. The number of hydrogen-bond donors (Lipinski definition) is 0. The maximum Gasteiger partial charge on any atom is 0.309 e. The van der Waals surface area contributed by atoms with Crippen LogP contribution in [0.1, 0.15) is 41.4 Å². The van der Waals surface area contributed by atoms with Crippen molar-refractivity contribution in [3.63, 3.8) is 0 Å². The van der Waals surface area contributed by atoms with E-state index in [1.807, 2.05) is 61.2 Å². The van der Waals surface area contributed by atoms with E-state index in [4.69, 9.17) is 9.72 Å². The number of carbonyl (C=O) groups is 2. The molecule has 10 heteroatoms. The number of piperazine rings is 1. The second-order valence-electron chi connectivity index (χ2n) is 10.4. The summed E-state index contributed by atoms with van der Waals surface area (Å²) < 4.78 is 19.3. The fourth-order valence-electron chi connectivity index (χ4n) is 5.29. The molecule has 5 rings (SSSR count). The van der Waals surface area contributed by atoms with Crippen molar-refractivity contribution in [3.8, 4) is 0 Å². The number of piperidine rings is 1. The molecule has 41 heavy (non-hydrogen) atoms. The molecule has 0 spiro atoms. The third-order valence-electron chi connectivity index (χ3n) is 7.59. The van der Waals surface area contributed by atoms with E-state index in [9.17, 15) is 14.0 Å². The molecule has 3 heterocycles. The second-order valence-corrected chi connectivity index (χ2v) is 11.3. The molecule has 0 unspecified atom stereocenters. The van der Waals surface area contributed by atoms with Crippen LogP contribution in [0.2, 0.25) is 0 Å². The van der Waals surface area contributed by atoms with Crippen molar-refractivity contribution in [2.24, 2.45) is 5.92 Å². The van der Waals surface area contributed by atoms with E-state index in [2.05, 4.69) is 14.8 Å². The van der Waals surface area contributed by atoms with Crippen LogP contribution in [0, 0.1) is 18.7 Å². The van der Waals surface area contributed by atoms with Crippen molar-refractivity contribution in [2.45, 2.75) is 37.6 Å². The van der Waals surface area contributed by atoms with Gasteiger partial charge in [-0.25, -0.2) is 14.4 Å². The molecule has 3 aromatic rings. The first-order valence-corrected chi connectivity index (χ1v) is 15.2. The van der Waals surface area contributed by atoms with E-state index in [0.29, 0.717) is 54.7 Å². The van der Waals surface area contributed by atoms with Gasteiger partial charge < -0.3 is 19.4 Å². The Balaban J connectivity index is 1.13. The number of halogens is 1. The molecule has 216 valence electrons. The first kappa shape index (κ1) is 28.9. The molecule has 2 aromatic carbocycles. The van der Waals surface area contributed by atoms with Crippen molar-refractivity contribution in [1.82, 2.24) is 14.9 Å². The van der Waals surface area contributed by atoms with E-state index >= 15 is 0 Å². The minimum atomic E-state index is -0.189. The molecule has 0 aliphatic carbocycles. The molecular weight excluding hydrogens is 541 g/mol. The number of benzene rings is 2. The molecular formula is C31H36FN5O3S. The summed E-state index contributed by atoms with van der Waals surface area (Å²) in [6.45, 7) is 8.24. The number of hydrogen-bond acceptors (Lipinski definition) is 8. The Hall–Kier alpha value is -3.66. The average Bonchev–Trinajstić information content (AvgIpc) is 3.00. The van der Waals surface area contributed by atoms with Crippen molar-refractivity contribution in [2.75, 3.05) is 55.7 Å². The quantitative estimate of drug-likeness (QED) is 0.211. The largest absolute Gasteiger partial charge is 0.466 e. The first-order chi connectivity index (χ1) is 19.9. The molecule has 1 amide bonds. The van der Waals surface area contributed by atoms with Gasteiger partial charge in [-0.05, 0) is 56.5 Å².